The van der Waals surface area contributed by atoms with E-state index in [0.29, 0.717) is 30.9 Å². The molecule has 0 spiro atoms. The second kappa shape index (κ2) is 9.79. The number of hydrogen-bond acceptors (Lipinski definition) is 4. The average Bonchev–Trinajstić information content (AvgIpc) is 3.29. The molecule has 1 saturated heterocycles. The van der Waals surface area contributed by atoms with Crippen molar-refractivity contribution in [2.45, 2.75) is 6.10 Å². The molecule has 3 aromatic heterocycles. The van der Waals surface area contributed by atoms with E-state index in [-0.39, 0.29) is 17.7 Å². The van der Waals surface area contributed by atoms with Gasteiger partial charge in [0, 0.05) is 42.7 Å². The highest BCUT2D eigenvalue weighted by Gasteiger charge is 2.28. The smallest absolute Gasteiger partial charge is 0.209 e. The Bertz CT molecular complexity index is 1620. The van der Waals surface area contributed by atoms with Crippen LogP contribution in [0.2, 0.25) is 0 Å². The first kappa shape index (κ1) is 23.9. The normalized spacial score (nSPS) is 15.7. The molecule has 4 heterocycles. The number of carbonyl (C=O) groups excluding carboxylic acids is 1. The van der Waals surface area contributed by atoms with E-state index in [9.17, 15) is 13.6 Å². The highest BCUT2D eigenvalue weighted by molar-refractivity contribution is 6.06. The summed E-state index contributed by atoms with van der Waals surface area (Å²) in [6.45, 7) is 1.41. The Morgan fingerprint density at radius 3 is 2.18 bits per heavy atom. The van der Waals surface area contributed by atoms with E-state index in [1.54, 1.807) is 41.6 Å². The topological polar surface area (TPSA) is 60.2 Å². The third kappa shape index (κ3) is 4.22. The first-order valence-electron chi connectivity index (χ1n) is 12.3. The minimum absolute atomic E-state index is 0.326. The molecule has 8 heteroatoms. The third-order valence-electron chi connectivity index (χ3n) is 7.00. The fraction of sp³-hybridized carbons (Fsp3) is 0.167. The van der Waals surface area contributed by atoms with Crippen molar-refractivity contribution in [2.75, 3.05) is 19.7 Å². The predicted molar refractivity (Wildman–Crippen MR) is 141 cm³/mol. The van der Waals surface area contributed by atoms with Gasteiger partial charge in [0.15, 0.2) is 0 Å². The van der Waals surface area contributed by atoms with Crippen molar-refractivity contribution in [3.05, 3.63) is 96.5 Å². The number of pyridine rings is 2. The van der Waals surface area contributed by atoms with Gasteiger partial charge in [0.05, 0.1) is 35.6 Å². The number of ether oxygens (including phenoxy) is 1. The van der Waals surface area contributed by atoms with Gasteiger partial charge in [0.1, 0.15) is 17.7 Å². The van der Waals surface area contributed by atoms with E-state index >= 15 is 0 Å². The molecule has 0 saturated carbocycles. The van der Waals surface area contributed by atoms with Gasteiger partial charge in [0.2, 0.25) is 6.41 Å². The molecule has 1 atom stereocenters. The fourth-order valence-corrected chi connectivity index (χ4v) is 5.17. The van der Waals surface area contributed by atoms with Crippen LogP contribution in [0.4, 0.5) is 8.78 Å². The molecule has 5 aromatic rings. The molecule has 2 aromatic carbocycles. The van der Waals surface area contributed by atoms with Crippen molar-refractivity contribution in [1.29, 1.82) is 0 Å². The molecular formula is C30H24F2N4O2. The summed E-state index contributed by atoms with van der Waals surface area (Å²) in [7, 11) is 1.95. The Kier molecular flexibility index (Phi) is 6.17. The zero-order valence-electron chi connectivity index (χ0n) is 20.6. The van der Waals surface area contributed by atoms with E-state index in [2.05, 4.69) is 4.98 Å². The zero-order valence-corrected chi connectivity index (χ0v) is 20.6. The zero-order chi connectivity index (χ0) is 26.2. The molecule has 1 fully saturated rings. The maximum atomic E-state index is 14.0. The van der Waals surface area contributed by atoms with E-state index in [0.717, 1.165) is 45.4 Å². The van der Waals surface area contributed by atoms with Crippen molar-refractivity contribution in [2.24, 2.45) is 7.05 Å². The summed E-state index contributed by atoms with van der Waals surface area (Å²) in [5.41, 5.74) is 7.20. The number of nitrogens with zero attached hydrogens (tertiary/aromatic N) is 4. The summed E-state index contributed by atoms with van der Waals surface area (Å²) in [6, 6.07) is 18.4. The second-order valence-corrected chi connectivity index (χ2v) is 9.28. The van der Waals surface area contributed by atoms with Crippen molar-refractivity contribution in [3.63, 3.8) is 0 Å². The maximum absolute atomic E-state index is 14.0. The molecule has 0 bridgehead atoms. The summed E-state index contributed by atoms with van der Waals surface area (Å²) in [5.74, 6) is -0.671. The number of aromatic nitrogens is 3. The van der Waals surface area contributed by atoms with Crippen LogP contribution < -0.4 is 0 Å². The molecule has 6 rings (SSSR count). The standard InChI is InChI=1S/C30H24F2N4O2/c1-35-25(26-17-36(18-37)14-15-38-26)16-24-30(35)28(19-2-6-22(31)7-3-19)27(20-10-12-33-13-11-20)29(34-24)21-4-8-23(32)9-5-21/h2-13,16,18,26H,14-15,17H2,1H3. The lowest BCUT2D eigenvalue weighted by Gasteiger charge is -2.30. The van der Waals surface area contributed by atoms with Crippen LogP contribution >= 0.6 is 0 Å². The third-order valence-corrected chi connectivity index (χ3v) is 7.00. The van der Waals surface area contributed by atoms with Crippen molar-refractivity contribution >= 4 is 17.4 Å². The van der Waals surface area contributed by atoms with Crippen LogP contribution in [0.15, 0.2) is 79.1 Å². The Morgan fingerprint density at radius 1 is 0.895 bits per heavy atom. The highest BCUT2D eigenvalue weighted by atomic mass is 19.1. The van der Waals surface area contributed by atoms with Gasteiger partial charge in [-0.05, 0) is 65.7 Å². The molecule has 6 nitrogen and oxygen atoms in total. The highest BCUT2D eigenvalue weighted by Crippen LogP contribution is 2.44. The van der Waals surface area contributed by atoms with Crippen molar-refractivity contribution < 1.29 is 18.3 Å². The van der Waals surface area contributed by atoms with Crippen molar-refractivity contribution in [3.8, 4) is 33.5 Å². The second-order valence-electron chi connectivity index (χ2n) is 9.28. The molecule has 1 amide bonds. The first-order valence-corrected chi connectivity index (χ1v) is 12.3. The van der Waals surface area contributed by atoms with Crippen LogP contribution in [0.5, 0.6) is 0 Å². The number of morpholine rings is 1. The van der Waals surface area contributed by atoms with Gasteiger partial charge in [-0.1, -0.05) is 12.1 Å². The number of amides is 1. The number of fused-ring (bicyclic) bond motifs is 1. The summed E-state index contributed by atoms with van der Waals surface area (Å²) in [6.07, 6.45) is 3.94. The van der Waals surface area contributed by atoms with E-state index in [1.165, 1.54) is 24.3 Å². The first-order chi connectivity index (χ1) is 18.5. The van der Waals surface area contributed by atoms with Gasteiger partial charge in [-0.3, -0.25) is 9.78 Å². The lowest BCUT2D eigenvalue weighted by molar-refractivity contribution is -0.125. The monoisotopic (exact) mass is 510 g/mol. The van der Waals surface area contributed by atoms with Gasteiger partial charge in [-0.25, -0.2) is 13.8 Å². The van der Waals surface area contributed by atoms with Gasteiger partial charge in [0.25, 0.3) is 0 Å². The van der Waals surface area contributed by atoms with E-state index in [1.807, 2.05) is 29.8 Å². The molecule has 0 N–H and O–H groups in total. The molecular weight excluding hydrogens is 486 g/mol. The quantitative estimate of drug-likeness (QED) is 0.282. The molecule has 190 valence electrons. The lowest BCUT2D eigenvalue weighted by atomic mass is 9.90. The number of benzene rings is 2. The molecule has 1 unspecified atom stereocenters. The SMILES string of the molecule is Cn1c(C2CN(C=O)CCO2)cc2nc(-c3ccc(F)cc3)c(-c3ccncc3)c(-c3ccc(F)cc3)c21. The van der Waals surface area contributed by atoms with Crippen molar-refractivity contribution in [1.82, 2.24) is 19.4 Å². The molecule has 38 heavy (non-hydrogen) atoms. The summed E-state index contributed by atoms with van der Waals surface area (Å²) >= 11 is 0. The number of rotatable bonds is 5. The van der Waals surface area contributed by atoms with E-state index < -0.39 is 0 Å². The Labute approximate surface area is 218 Å². The molecule has 0 radical (unpaired) electrons. The minimum Gasteiger partial charge on any atom is -0.368 e. The van der Waals surface area contributed by atoms with E-state index in [4.69, 9.17) is 9.72 Å². The summed E-state index contributed by atoms with van der Waals surface area (Å²) in [4.78, 5) is 22.5. The molecule has 1 aliphatic rings. The fourth-order valence-electron chi connectivity index (χ4n) is 5.17. The van der Waals surface area contributed by atoms with Crippen LogP contribution in [-0.4, -0.2) is 45.5 Å². The minimum atomic E-state index is -0.338. The number of halogens is 2. The summed E-state index contributed by atoms with van der Waals surface area (Å²) in [5, 5.41) is 0. The van der Waals surface area contributed by atoms with Crippen LogP contribution in [0, 0.1) is 11.6 Å². The van der Waals surface area contributed by atoms with Gasteiger partial charge >= 0.3 is 0 Å². The average molecular weight is 511 g/mol. The van der Waals surface area contributed by atoms with Gasteiger partial charge in [-0.2, -0.15) is 0 Å². The predicted octanol–water partition coefficient (Wildman–Crippen LogP) is 5.78. The lowest BCUT2D eigenvalue weighted by Crippen LogP contribution is -2.37. The summed E-state index contributed by atoms with van der Waals surface area (Å²) < 4.78 is 36.0. The maximum Gasteiger partial charge on any atom is 0.209 e. The van der Waals surface area contributed by atoms with Gasteiger partial charge in [-0.15, -0.1) is 0 Å². The Balaban J connectivity index is 1.70. The van der Waals surface area contributed by atoms with Crippen LogP contribution in [-0.2, 0) is 16.6 Å². The number of aryl methyl sites for hydroxylation is 1. The van der Waals surface area contributed by atoms with Crippen LogP contribution in [0.25, 0.3) is 44.5 Å². The number of carbonyl (C=O) groups is 1. The largest absolute Gasteiger partial charge is 0.368 e. The van der Waals surface area contributed by atoms with Crippen LogP contribution in [0.1, 0.15) is 11.8 Å². The number of hydrogen-bond donors (Lipinski definition) is 0. The Hall–Kier alpha value is -4.43. The van der Waals surface area contributed by atoms with Crippen LogP contribution in [0.3, 0.4) is 0 Å². The molecule has 1 aliphatic heterocycles. The van der Waals surface area contributed by atoms with Gasteiger partial charge < -0.3 is 14.2 Å². The Morgan fingerprint density at radius 2 is 1.53 bits per heavy atom. The molecule has 0 aliphatic carbocycles.